The summed E-state index contributed by atoms with van der Waals surface area (Å²) in [4.78, 5) is 0. The summed E-state index contributed by atoms with van der Waals surface area (Å²) < 4.78 is 37.5. The van der Waals surface area contributed by atoms with Gasteiger partial charge in [-0.3, -0.25) is 0 Å². The first-order valence-corrected chi connectivity index (χ1v) is 6.82. The largest absolute Gasteiger partial charge is 0.416 e. The quantitative estimate of drug-likeness (QED) is 0.874. The Morgan fingerprint density at radius 3 is 2.16 bits per heavy atom. The number of halogens is 3. The van der Waals surface area contributed by atoms with E-state index in [1.54, 1.807) is 12.1 Å². The Labute approximate surface area is 111 Å². The highest BCUT2D eigenvalue weighted by Crippen LogP contribution is 2.67. The summed E-state index contributed by atoms with van der Waals surface area (Å²) in [5.74, 6) is 0. The normalized spacial score (nSPS) is 32.6. The number of hydrogen-bond donors (Lipinski definition) is 1. The van der Waals surface area contributed by atoms with Crippen molar-refractivity contribution in [2.45, 2.75) is 49.7 Å². The molecule has 0 spiro atoms. The SMILES string of the molecule is CCCNC12CC(c3ccc(C(F)(F)F)cc3)(C1)C2. The zero-order valence-electron chi connectivity index (χ0n) is 11.0. The summed E-state index contributed by atoms with van der Waals surface area (Å²) in [7, 11) is 0. The number of rotatable bonds is 4. The maximum atomic E-state index is 12.5. The van der Waals surface area contributed by atoms with Gasteiger partial charge in [0, 0.05) is 11.0 Å². The third kappa shape index (κ3) is 1.97. The minimum absolute atomic E-state index is 0.158. The van der Waals surface area contributed by atoms with E-state index in [9.17, 15) is 13.2 Å². The summed E-state index contributed by atoms with van der Waals surface area (Å²) in [6.45, 7) is 3.17. The Morgan fingerprint density at radius 2 is 1.68 bits per heavy atom. The second kappa shape index (κ2) is 3.98. The molecule has 0 saturated heterocycles. The van der Waals surface area contributed by atoms with Crippen LogP contribution in [0.4, 0.5) is 13.2 Å². The van der Waals surface area contributed by atoms with E-state index in [1.807, 2.05) is 0 Å². The standard InChI is InChI=1S/C15H18F3N/c1-2-7-19-14-8-13(9-14,10-14)11-3-5-12(6-4-11)15(16,17)18/h3-6,19H,2,7-10H2,1H3. The zero-order chi connectivity index (χ0) is 13.7. The number of nitrogens with one attached hydrogen (secondary N) is 1. The molecule has 4 rings (SSSR count). The minimum atomic E-state index is -4.23. The molecule has 0 unspecified atom stereocenters. The molecule has 104 valence electrons. The van der Waals surface area contributed by atoms with E-state index in [4.69, 9.17) is 0 Å². The molecular weight excluding hydrogens is 251 g/mol. The van der Waals surface area contributed by atoms with E-state index < -0.39 is 11.7 Å². The number of hydrogen-bond acceptors (Lipinski definition) is 1. The predicted molar refractivity (Wildman–Crippen MR) is 68.0 cm³/mol. The lowest BCUT2D eigenvalue weighted by atomic mass is 9.37. The Morgan fingerprint density at radius 1 is 1.11 bits per heavy atom. The average molecular weight is 269 g/mol. The van der Waals surface area contributed by atoms with Crippen LogP contribution in [0.3, 0.4) is 0 Å². The third-order valence-electron chi connectivity index (χ3n) is 4.60. The van der Waals surface area contributed by atoms with Gasteiger partial charge < -0.3 is 5.32 Å². The molecule has 19 heavy (non-hydrogen) atoms. The van der Waals surface area contributed by atoms with Gasteiger partial charge in [0.1, 0.15) is 0 Å². The molecule has 3 fully saturated rings. The summed E-state index contributed by atoms with van der Waals surface area (Å²) in [5, 5.41) is 3.56. The van der Waals surface area contributed by atoms with E-state index in [2.05, 4.69) is 12.2 Å². The zero-order valence-corrected chi connectivity index (χ0v) is 11.0. The van der Waals surface area contributed by atoms with Crippen molar-refractivity contribution in [2.75, 3.05) is 6.54 Å². The molecule has 0 aliphatic heterocycles. The van der Waals surface area contributed by atoms with Gasteiger partial charge in [-0.2, -0.15) is 13.2 Å². The lowest BCUT2D eigenvalue weighted by Gasteiger charge is -2.71. The molecule has 0 atom stereocenters. The van der Waals surface area contributed by atoms with Crippen molar-refractivity contribution in [3.05, 3.63) is 35.4 Å². The van der Waals surface area contributed by atoms with Crippen LogP contribution in [0.15, 0.2) is 24.3 Å². The van der Waals surface area contributed by atoms with Gasteiger partial charge in [-0.15, -0.1) is 0 Å². The highest BCUT2D eigenvalue weighted by molar-refractivity contribution is 5.42. The molecule has 3 saturated carbocycles. The van der Waals surface area contributed by atoms with E-state index in [0.717, 1.165) is 37.8 Å². The molecule has 3 aliphatic rings. The predicted octanol–water partition coefficient (Wildman–Crippen LogP) is 3.88. The van der Waals surface area contributed by atoms with Crippen LogP contribution in [0.1, 0.15) is 43.7 Å². The van der Waals surface area contributed by atoms with Crippen LogP contribution in [0.5, 0.6) is 0 Å². The van der Waals surface area contributed by atoms with Crippen molar-refractivity contribution in [3.8, 4) is 0 Å². The van der Waals surface area contributed by atoms with E-state index in [-0.39, 0.29) is 5.41 Å². The second-order valence-corrected chi connectivity index (χ2v) is 6.09. The van der Waals surface area contributed by atoms with Crippen LogP contribution in [0.2, 0.25) is 0 Å². The topological polar surface area (TPSA) is 12.0 Å². The minimum Gasteiger partial charge on any atom is -0.311 e. The molecule has 0 heterocycles. The Bertz CT molecular complexity index is 455. The molecule has 0 aromatic heterocycles. The molecule has 1 aromatic carbocycles. The monoisotopic (exact) mass is 269 g/mol. The fraction of sp³-hybridized carbons (Fsp3) is 0.600. The third-order valence-corrected chi connectivity index (χ3v) is 4.60. The Hall–Kier alpha value is -1.03. The summed E-state index contributed by atoms with van der Waals surface area (Å²) in [6, 6.07) is 5.74. The van der Waals surface area contributed by atoms with Crippen LogP contribution in [-0.2, 0) is 11.6 Å². The van der Waals surface area contributed by atoms with Crippen molar-refractivity contribution < 1.29 is 13.2 Å². The van der Waals surface area contributed by atoms with E-state index in [0.29, 0.717) is 5.54 Å². The lowest BCUT2D eigenvalue weighted by Crippen LogP contribution is -2.75. The van der Waals surface area contributed by atoms with Crippen LogP contribution in [0, 0.1) is 0 Å². The van der Waals surface area contributed by atoms with Gasteiger partial charge in [-0.1, -0.05) is 19.1 Å². The maximum Gasteiger partial charge on any atom is 0.416 e. The Balaban J connectivity index is 1.67. The molecule has 1 aromatic rings. The highest BCUT2D eigenvalue weighted by atomic mass is 19.4. The van der Waals surface area contributed by atoms with Crippen LogP contribution < -0.4 is 5.32 Å². The molecule has 1 N–H and O–H groups in total. The van der Waals surface area contributed by atoms with Gasteiger partial charge >= 0.3 is 6.18 Å². The molecule has 3 aliphatic carbocycles. The molecular formula is C15H18F3N. The molecule has 0 amide bonds. The highest BCUT2D eigenvalue weighted by Gasteiger charge is 2.67. The smallest absolute Gasteiger partial charge is 0.311 e. The molecule has 2 bridgehead atoms. The summed E-state index contributed by atoms with van der Waals surface area (Å²) in [6.07, 6.45) is 0.110. The van der Waals surface area contributed by atoms with Crippen molar-refractivity contribution >= 4 is 0 Å². The number of alkyl halides is 3. The summed E-state index contributed by atoms with van der Waals surface area (Å²) in [5.41, 5.74) is 0.964. The van der Waals surface area contributed by atoms with Gasteiger partial charge in [0.2, 0.25) is 0 Å². The van der Waals surface area contributed by atoms with Crippen LogP contribution in [-0.4, -0.2) is 12.1 Å². The van der Waals surface area contributed by atoms with Gasteiger partial charge in [0.05, 0.1) is 5.56 Å². The Kier molecular flexibility index (Phi) is 2.72. The molecule has 4 heteroatoms. The first-order chi connectivity index (χ1) is 8.89. The van der Waals surface area contributed by atoms with Crippen molar-refractivity contribution in [3.63, 3.8) is 0 Å². The lowest BCUT2D eigenvalue weighted by molar-refractivity contribution is -0.137. The fourth-order valence-electron chi connectivity index (χ4n) is 3.68. The van der Waals surface area contributed by atoms with Gasteiger partial charge in [0.15, 0.2) is 0 Å². The van der Waals surface area contributed by atoms with Crippen molar-refractivity contribution in [2.24, 2.45) is 0 Å². The second-order valence-electron chi connectivity index (χ2n) is 6.09. The van der Waals surface area contributed by atoms with Crippen LogP contribution >= 0.6 is 0 Å². The first kappa shape index (κ1) is 13.0. The molecule has 1 nitrogen and oxygen atoms in total. The van der Waals surface area contributed by atoms with Crippen molar-refractivity contribution in [1.29, 1.82) is 0 Å². The van der Waals surface area contributed by atoms with Gasteiger partial charge in [-0.25, -0.2) is 0 Å². The van der Waals surface area contributed by atoms with Gasteiger partial charge in [-0.05, 0) is 49.9 Å². The van der Waals surface area contributed by atoms with Crippen molar-refractivity contribution in [1.82, 2.24) is 5.32 Å². The maximum absolute atomic E-state index is 12.5. The van der Waals surface area contributed by atoms with E-state index >= 15 is 0 Å². The average Bonchev–Trinajstić information content (AvgIpc) is 2.25. The first-order valence-electron chi connectivity index (χ1n) is 6.82. The van der Waals surface area contributed by atoms with E-state index in [1.165, 1.54) is 12.1 Å². The molecule has 0 radical (unpaired) electrons. The van der Waals surface area contributed by atoms with Gasteiger partial charge in [0.25, 0.3) is 0 Å². The fourth-order valence-corrected chi connectivity index (χ4v) is 3.68. The van der Waals surface area contributed by atoms with Crippen LogP contribution in [0.25, 0.3) is 0 Å². The number of benzene rings is 1. The summed E-state index contributed by atoms with van der Waals surface area (Å²) >= 11 is 0.